The Kier molecular flexibility index (Phi) is 7.71. The van der Waals surface area contributed by atoms with Crippen molar-refractivity contribution in [1.82, 2.24) is 4.90 Å². The van der Waals surface area contributed by atoms with E-state index >= 15 is 0 Å². The molecule has 0 aliphatic rings. The second-order valence-electron chi connectivity index (χ2n) is 1.18. The predicted octanol–water partition coefficient (Wildman–Crippen LogP) is 0.760. The van der Waals surface area contributed by atoms with E-state index in [1.165, 1.54) is 0 Å². The first-order chi connectivity index (χ1) is 2.64. The van der Waals surface area contributed by atoms with Crippen LogP contribution < -0.4 is 0 Å². The molecule has 0 rings (SSSR count). The monoisotopic (exact) mass is 185 g/mol. The molecular weight excluding hydrogens is 180 g/mol. The second kappa shape index (κ2) is 5.01. The van der Waals surface area contributed by atoms with Gasteiger partial charge < -0.3 is 4.90 Å². The molecule has 0 heterocycles. The van der Waals surface area contributed by atoms with Crippen LogP contribution in [0.3, 0.4) is 0 Å². The van der Waals surface area contributed by atoms with Gasteiger partial charge in [0.15, 0.2) is 0 Å². The van der Waals surface area contributed by atoms with E-state index < -0.39 is 0 Å². The Hall–Kier alpha value is 0.863. The normalized spacial score (nSPS) is 6.71. The van der Waals surface area contributed by atoms with Crippen LogP contribution in [0.4, 0.5) is 0 Å². The molecule has 0 radical (unpaired) electrons. The third kappa shape index (κ3) is 6.86. The third-order valence-electron chi connectivity index (χ3n) is 0.383. The summed E-state index contributed by atoms with van der Waals surface area (Å²) in [5.41, 5.74) is 0. The van der Waals surface area contributed by atoms with Gasteiger partial charge in [-0.1, -0.05) is 12.2 Å². The van der Waals surface area contributed by atoms with Crippen molar-refractivity contribution in [3.8, 4) is 0 Å². The number of nitrogens with zero attached hydrogens (tertiary/aromatic N) is 1. The zero-order valence-electron chi connectivity index (χ0n) is 4.51. The first-order valence-corrected chi connectivity index (χ1v) is 2.40. The van der Waals surface area contributed by atoms with E-state index in [0.29, 0.717) is 4.32 Å². The minimum Gasteiger partial charge on any atom is -0.364 e. The number of hydrogen-bond donors (Lipinski definition) is 1. The summed E-state index contributed by atoms with van der Waals surface area (Å²) < 4.78 is 0.620. The van der Waals surface area contributed by atoms with Crippen LogP contribution >= 0.6 is 24.8 Å². The zero-order valence-corrected chi connectivity index (χ0v) is 9.19. The summed E-state index contributed by atoms with van der Waals surface area (Å²) in [4.78, 5) is 1.76. The SMILES string of the molecule is CN(C)C(=S)S.[Zn]. The Labute approximate surface area is 67.6 Å². The first-order valence-electron chi connectivity index (χ1n) is 1.55. The average Bonchev–Trinajstić information content (AvgIpc) is 1.36. The van der Waals surface area contributed by atoms with Crippen LogP contribution in [-0.2, 0) is 19.5 Å². The van der Waals surface area contributed by atoms with Gasteiger partial charge in [-0.2, -0.15) is 0 Å². The van der Waals surface area contributed by atoms with Gasteiger partial charge in [-0.3, -0.25) is 0 Å². The molecule has 0 unspecified atom stereocenters. The molecule has 0 fully saturated rings. The Bertz CT molecular complexity index is 64.0. The van der Waals surface area contributed by atoms with Gasteiger partial charge in [-0.05, 0) is 0 Å². The quantitative estimate of drug-likeness (QED) is 0.338. The molecule has 0 N–H and O–H groups in total. The molecule has 0 aliphatic carbocycles. The fourth-order valence-electron chi connectivity index (χ4n) is 0. The minimum atomic E-state index is 0. The van der Waals surface area contributed by atoms with Crippen molar-refractivity contribution < 1.29 is 19.5 Å². The van der Waals surface area contributed by atoms with Crippen LogP contribution in [0.1, 0.15) is 0 Å². The zero-order chi connectivity index (χ0) is 5.15. The van der Waals surface area contributed by atoms with Crippen LogP contribution in [-0.4, -0.2) is 23.3 Å². The molecule has 1 nitrogen and oxygen atoms in total. The van der Waals surface area contributed by atoms with E-state index in [1.807, 2.05) is 14.1 Å². The molecule has 38 valence electrons. The summed E-state index contributed by atoms with van der Waals surface area (Å²) >= 11 is 8.46. The fraction of sp³-hybridized carbons (Fsp3) is 0.667. The standard InChI is InChI=1S/C3H7NS2.Zn/c1-4(2)3(5)6;/h1-2H3,(H,5,6);. The molecule has 0 spiro atoms. The van der Waals surface area contributed by atoms with Crippen LogP contribution in [0.5, 0.6) is 0 Å². The number of rotatable bonds is 0. The Balaban J connectivity index is 0. The molecule has 0 aromatic carbocycles. The van der Waals surface area contributed by atoms with Crippen molar-refractivity contribution in [2.75, 3.05) is 14.1 Å². The first kappa shape index (κ1) is 10.8. The minimum absolute atomic E-state index is 0. The van der Waals surface area contributed by atoms with Crippen LogP contribution in [0.2, 0.25) is 0 Å². The van der Waals surface area contributed by atoms with Gasteiger partial charge in [0.2, 0.25) is 0 Å². The van der Waals surface area contributed by atoms with Crippen molar-refractivity contribution in [3.05, 3.63) is 0 Å². The van der Waals surface area contributed by atoms with E-state index in [2.05, 4.69) is 24.8 Å². The third-order valence-corrected chi connectivity index (χ3v) is 1.15. The summed E-state index contributed by atoms with van der Waals surface area (Å²) in [6.07, 6.45) is 0. The topological polar surface area (TPSA) is 3.24 Å². The van der Waals surface area contributed by atoms with Crippen molar-refractivity contribution in [2.24, 2.45) is 0 Å². The van der Waals surface area contributed by atoms with Crippen molar-refractivity contribution in [2.45, 2.75) is 0 Å². The molecule has 0 amide bonds. The number of hydrogen-bond acceptors (Lipinski definition) is 1. The van der Waals surface area contributed by atoms with Crippen molar-refractivity contribution in [3.63, 3.8) is 0 Å². The summed E-state index contributed by atoms with van der Waals surface area (Å²) in [6, 6.07) is 0. The molecule has 0 bridgehead atoms. The van der Waals surface area contributed by atoms with Gasteiger partial charge in [-0.15, -0.1) is 12.6 Å². The molecule has 0 saturated heterocycles. The van der Waals surface area contributed by atoms with Gasteiger partial charge in [-0.25, -0.2) is 0 Å². The molecule has 7 heavy (non-hydrogen) atoms. The molecule has 4 heteroatoms. The molecule has 0 aliphatic heterocycles. The Morgan fingerprint density at radius 1 is 1.57 bits per heavy atom. The molecule has 0 aromatic rings. The predicted molar refractivity (Wildman–Crippen MR) is 35.3 cm³/mol. The van der Waals surface area contributed by atoms with E-state index in [-0.39, 0.29) is 19.5 Å². The number of thiol groups is 1. The largest absolute Gasteiger partial charge is 0.364 e. The van der Waals surface area contributed by atoms with E-state index in [9.17, 15) is 0 Å². The summed E-state index contributed by atoms with van der Waals surface area (Å²) in [6.45, 7) is 0. The Morgan fingerprint density at radius 2 is 1.71 bits per heavy atom. The van der Waals surface area contributed by atoms with Crippen LogP contribution in [0.25, 0.3) is 0 Å². The summed E-state index contributed by atoms with van der Waals surface area (Å²) in [5, 5.41) is 0. The second-order valence-corrected chi connectivity index (χ2v) is 2.29. The Morgan fingerprint density at radius 3 is 1.71 bits per heavy atom. The maximum Gasteiger partial charge on any atom is 0.132 e. The van der Waals surface area contributed by atoms with Crippen LogP contribution in [0.15, 0.2) is 0 Å². The van der Waals surface area contributed by atoms with E-state index in [1.54, 1.807) is 4.90 Å². The summed E-state index contributed by atoms with van der Waals surface area (Å²) in [5.74, 6) is 0. The van der Waals surface area contributed by atoms with E-state index in [0.717, 1.165) is 0 Å². The van der Waals surface area contributed by atoms with E-state index in [4.69, 9.17) is 0 Å². The maximum atomic E-state index is 4.61. The fourth-order valence-corrected chi connectivity index (χ4v) is 0. The van der Waals surface area contributed by atoms with Gasteiger partial charge in [0, 0.05) is 33.6 Å². The molecule has 0 aromatic heterocycles. The molecule has 0 atom stereocenters. The molecule has 0 saturated carbocycles. The number of thiocarbonyl (C=S) groups is 1. The maximum absolute atomic E-state index is 4.61. The van der Waals surface area contributed by atoms with Crippen molar-refractivity contribution >= 4 is 29.2 Å². The average molecular weight is 187 g/mol. The van der Waals surface area contributed by atoms with Gasteiger partial charge in [0.1, 0.15) is 4.32 Å². The van der Waals surface area contributed by atoms with Gasteiger partial charge in [0.25, 0.3) is 0 Å². The van der Waals surface area contributed by atoms with Crippen LogP contribution in [0, 0.1) is 0 Å². The summed E-state index contributed by atoms with van der Waals surface area (Å²) in [7, 11) is 3.71. The van der Waals surface area contributed by atoms with Crippen molar-refractivity contribution in [1.29, 1.82) is 0 Å². The smallest absolute Gasteiger partial charge is 0.132 e. The van der Waals surface area contributed by atoms with Gasteiger partial charge >= 0.3 is 0 Å². The molecular formula is C3H7NS2Zn. The van der Waals surface area contributed by atoms with Gasteiger partial charge in [0.05, 0.1) is 0 Å².